The number of rotatable bonds is 6. The maximum atomic E-state index is 13.2. The van der Waals surface area contributed by atoms with Gasteiger partial charge in [0.1, 0.15) is 0 Å². The van der Waals surface area contributed by atoms with E-state index in [0.717, 1.165) is 15.4 Å². The van der Waals surface area contributed by atoms with Crippen LogP contribution >= 0.6 is 0 Å². The van der Waals surface area contributed by atoms with Gasteiger partial charge in [0, 0.05) is 12.6 Å². The number of sulfone groups is 1. The van der Waals surface area contributed by atoms with Gasteiger partial charge >= 0.3 is 0 Å². The second-order valence-electron chi connectivity index (χ2n) is 6.67. The Labute approximate surface area is 149 Å². The molecule has 2 atom stereocenters. The largest absolute Gasteiger partial charge is 0.394 e. The van der Waals surface area contributed by atoms with E-state index in [1.807, 2.05) is 6.92 Å². The molecule has 1 aromatic carbocycles. The number of aryl methyl sites for hydroxylation is 3. The highest BCUT2D eigenvalue weighted by molar-refractivity contribution is 7.92. The Kier molecular flexibility index (Phi) is 5.95. The van der Waals surface area contributed by atoms with Crippen LogP contribution in [0.5, 0.6) is 0 Å². The van der Waals surface area contributed by atoms with Gasteiger partial charge in [0.15, 0.2) is 9.84 Å². The van der Waals surface area contributed by atoms with E-state index in [1.165, 1.54) is 0 Å². The number of hydrogen-bond donors (Lipinski definition) is 2. The van der Waals surface area contributed by atoms with Gasteiger partial charge in [-0.3, -0.25) is 0 Å². The molecule has 1 aliphatic heterocycles. The Morgan fingerprint density at radius 3 is 2.32 bits per heavy atom. The van der Waals surface area contributed by atoms with Gasteiger partial charge in [-0.15, -0.1) is 0 Å². The molecule has 9 heteroatoms. The molecule has 142 valence electrons. The molecule has 1 aliphatic rings. The van der Waals surface area contributed by atoms with Crippen LogP contribution < -0.4 is 0 Å². The first-order valence-corrected chi connectivity index (χ1v) is 11.3. The van der Waals surface area contributed by atoms with Crippen molar-refractivity contribution in [3.63, 3.8) is 0 Å². The lowest BCUT2D eigenvalue weighted by Gasteiger charge is -2.29. The second kappa shape index (κ2) is 7.32. The normalized spacial score (nSPS) is 21.6. The number of nitrogens with zero attached hydrogens (tertiary/aromatic N) is 1. The molecule has 0 amide bonds. The van der Waals surface area contributed by atoms with Crippen molar-refractivity contribution in [2.24, 2.45) is 0 Å². The molecule has 0 unspecified atom stereocenters. The lowest BCUT2D eigenvalue weighted by molar-refractivity contribution is 0.0730. The van der Waals surface area contributed by atoms with Gasteiger partial charge in [0.2, 0.25) is 10.0 Å². The van der Waals surface area contributed by atoms with Gasteiger partial charge in [-0.05, 0) is 49.9 Å². The SMILES string of the molecule is Cc1cc(C)c(S(=O)(=O)N(C[C@@H](O)CO)[C@H]2CCS(=O)(=O)C2)cc1C. The van der Waals surface area contributed by atoms with Crippen LogP contribution in [0, 0.1) is 20.8 Å². The molecule has 0 aromatic heterocycles. The fourth-order valence-corrected chi connectivity index (χ4v) is 6.86. The van der Waals surface area contributed by atoms with Crippen molar-refractivity contribution in [3.8, 4) is 0 Å². The van der Waals surface area contributed by atoms with E-state index in [9.17, 15) is 21.9 Å². The third kappa shape index (κ3) is 4.40. The fraction of sp³-hybridized carbons (Fsp3) is 0.625. The van der Waals surface area contributed by atoms with Crippen LogP contribution in [-0.4, -0.2) is 68.2 Å². The maximum Gasteiger partial charge on any atom is 0.243 e. The van der Waals surface area contributed by atoms with Crippen molar-refractivity contribution >= 4 is 19.9 Å². The average Bonchev–Trinajstić information content (AvgIpc) is 2.87. The zero-order valence-corrected chi connectivity index (χ0v) is 16.3. The molecule has 0 aliphatic carbocycles. The number of sulfonamides is 1. The minimum Gasteiger partial charge on any atom is -0.394 e. The molecule has 1 saturated heterocycles. The molecule has 0 radical (unpaired) electrons. The van der Waals surface area contributed by atoms with Crippen LogP contribution in [0.4, 0.5) is 0 Å². The summed E-state index contributed by atoms with van der Waals surface area (Å²) in [6, 6.07) is 2.60. The van der Waals surface area contributed by atoms with Crippen LogP contribution in [0.3, 0.4) is 0 Å². The highest BCUT2D eigenvalue weighted by Gasteiger charge is 2.40. The molecule has 25 heavy (non-hydrogen) atoms. The molecule has 0 bridgehead atoms. The first-order chi connectivity index (χ1) is 11.5. The summed E-state index contributed by atoms with van der Waals surface area (Å²) < 4.78 is 51.0. The fourth-order valence-electron chi connectivity index (χ4n) is 3.05. The van der Waals surface area contributed by atoms with Crippen molar-refractivity contribution in [2.75, 3.05) is 24.7 Å². The van der Waals surface area contributed by atoms with Gasteiger partial charge in [-0.2, -0.15) is 4.31 Å². The zero-order valence-electron chi connectivity index (χ0n) is 14.6. The molecule has 2 N–H and O–H groups in total. The summed E-state index contributed by atoms with van der Waals surface area (Å²) in [5.74, 6) is -0.348. The first kappa shape index (κ1) is 20.3. The van der Waals surface area contributed by atoms with Crippen LogP contribution in [0.15, 0.2) is 17.0 Å². The van der Waals surface area contributed by atoms with Gasteiger partial charge in [-0.25, -0.2) is 16.8 Å². The monoisotopic (exact) mass is 391 g/mol. The van der Waals surface area contributed by atoms with Crippen molar-refractivity contribution in [1.29, 1.82) is 0 Å². The lowest BCUT2D eigenvalue weighted by atomic mass is 10.1. The Balaban J connectivity index is 2.50. The van der Waals surface area contributed by atoms with Crippen molar-refractivity contribution in [1.82, 2.24) is 4.31 Å². The van der Waals surface area contributed by atoms with Crippen molar-refractivity contribution < 1.29 is 27.0 Å². The third-order valence-electron chi connectivity index (χ3n) is 4.60. The minimum absolute atomic E-state index is 0.0786. The van der Waals surface area contributed by atoms with Crippen molar-refractivity contribution in [3.05, 3.63) is 28.8 Å². The Morgan fingerprint density at radius 1 is 1.20 bits per heavy atom. The molecule has 1 heterocycles. The van der Waals surface area contributed by atoms with Crippen LogP contribution in [-0.2, 0) is 19.9 Å². The molecule has 0 saturated carbocycles. The Morgan fingerprint density at radius 2 is 1.80 bits per heavy atom. The smallest absolute Gasteiger partial charge is 0.243 e. The van der Waals surface area contributed by atoms with E-state index >= 15 is 0 Å². The average molecular weight is 392 g/mol. The lowest BCUT2D eigenvalue weighted by Crippen LogP contribution is -2.46. The van der Waals surface area contributed by atoms with Gasteiger partial charge < -0.3 is 10.2 Å². The molecule has 2 rings (SSSR count). The highest BCUT2D eigenvalue weighted by Crippen LogP contribution is 2.28. The number of benzene rings is 1. The van der Waals surface area contributed by atoms with Gasteiger partial charge in [0.05, 0.1) is 29.1 Å². The number of aliphatic hydroxyl groups is 2. The summed E-state index contributed by atoms with van der Waals surface area (Å²) in [7, 11) is -7.31. The predicted octanol–water partition coefficient (Wildman–Crippen LogP) is 0.143. The summed E-state index contributed by atoms with van der Waals surface area (Å²) in [5.41, 5.74) is 2.33. The van der Waals surface area contributed by atoms with Crippen LogP contribution in [0.25, 0.3) is 0 Å². The van der Waals surface area contributed by atoms with Crippen LogP contribution in [0.2, 0.25) is 0 Å². The third-order valence-corrected chi connectivity index (χ3v) is 8.41. The van der Waals surface area contributed by atoms with E-state index in [0.29, 0.717) is 5.56 Å². The van der Waals surface area contributed by atoms with Gasteiger partial charge in [-0.1, -0.05) is 6.07 Å². The molecular formula is C16H25NO6S2. The number of hydrogen-bond acceptors (Lipinski definition) is 6. The Bertz CT molecular complexity index is 848. The topological polar surface area (TPSA) is 112 Å². The molecule has 1 fully saturated rings. The standard InChI is InChI=1S/C16H25NO6S2/c1-11-6-13(3)16(7-12(11)2)25(22,23)17(8-15(19)9-18)14-4-5-24(20,21)10-14/h6-7,14-15,18-19H,4-5,8-10H2,1-3H3/t14-,15+/m0/s1. The van der Waals surface area contributed by atoms with Crippen LogP contribution in [0.1, 0.15) is 23.1 Å². The quantitative estimate of drug-likeness (QED) is 0.714. The second-order valence-corrected chi connectivity index (χ2v) is 10.8. The summed E-state index contributed by atoms with van der Waals surface area (Å²) >= 11 is 0. The summed E-state index contributed by atoms with van der Waals surface area (Å²) in [4.78, 5) is 0.102. The summed E-state index contributed by atoms with van der Waals surface area (Å²) in [5, 5.41) is 18.9. The maximum absolute atomic E-state index is 13.2. The highest BCUT2D eigenvalue weighted by atomic mass is 32.2. The predicted molar refractivity (Wildman–Crippen MR) is 94.7 cm³/mol. The molecule has 0 spiro atoms. The van der Waals surface area contributed by atoms with E-state index in [1.54, 1.807) is 26.0 Å². The van der Waals surface area contributed by atoms with E-state index in [2.05, 4.69) is 0 Å². The van der Waals surface area contributed by atoms with E-state index < -0.39 is 38.6 Å². The summed E-state index contributed by atoms with van der Waals surface area (Å²) in [6.45, 7) is 4.43. The first-order valence-electron chi connectivity index (χ1n) is 8.07. The van der Waals surface area contributed by atoms with Crippen molar-refractivity contribution in [2.45, 2.75) is 44.2 Å². The summed E-state index contributed by atoms with van der Waals surface area (Å²) in [6.07, 6.45) is -1.09. The Hall–Kier alpha value is -1.00. The molecule has 1 aromatic rings. The van der Waals surface area contributed by atoms with Gasteiger partial charge in [0.25, 0.3) is 0 Å². The molecule has 7 nitrogen and oxygen atoms in total. The minimum atomic E-state index is -4.01. The van der Waals surface area contributed by atoms with E-state index in [4.69, 9.17) is 5.11 Å². The zero-order chi connectivity index (χ0) is 19.0. The molecular weight excluding hydrogens is 366 g/mol. The number of aliphatic hydroxyl groups excluding tert-OH is 2. The van der Waals surface area contributed by atoms with E-state index in [-0.39, 0.29) is 29.4 Å².